The maximum atomic E-state index is 11.9. The molecule has 34 nitrogen and oxygen atoms in total. The number of hydrogen-bond donors (Lipinski definition) is 9. The summed E-state index contributed by atoms with van der Waals surface area (Å²) in [6.07, 6.45) is 23.8. The number of aromatic nitrogens is 16. The fourth-order valence-corrected chi connectivity index (χ4v) is 25.3. The number of rotatable bonds is 16. The number of carbonyl (C=O) groups excluding carboxylic acids is 3. The molecule has 0 amide bonds. The number of halogens is 4. The average molecular weight is 2320 g/mol. The zero-order valence-corrected chi connectivity index (χ0v) is 91.1. The number of ether oxygens (including phenoxy) is 7. The van der Waals surface area contributed by atoms with Crippen LogP contribution >= 0.6 is 103 Å². The summed E-state index contributed by atoms with van der Waals surface area (Å²) in [5.74, 6) is 3.52. The number of esters is 1. The molecule has 772 valence electrons. The van der Waals surface area contributed by atoms with E-state index in [0.29, 0.717) is 89.8 Å². The highest BCUT2D eigenvalue weighted by molar-refractivity contribution is 14.1. The minimum atomic E-state index is -0.878. The Balaban J connectivity index is 0.000000118. The lowest BCUT2D eigenvalue weighted by Gasteiger charge is -2.24. The Labute approximate surface area is 903 Å². The van der Waals surface area contributed by atoms with E-state index in [0.717, 1.165) is 176 Å². The van der Waals surface area contributed by atoms with Crippen LogP contribution in [0.1, 0.15) is 146 Å². The van der Waals surface area contributed by atoms with Crippen LogP contribution < -0.4 is 34.4 Å². The first-order chi connectivity index (χ1) is 70.6. The van der Waals surface area contributed by atoms with Crippen molar-refractivity contribution < 1.29 is 57.8 Å². The summed E-state index contributed by atoms with van der Waals surface area (Å²) >= 11 is 15.9. The third-order valence-electron chi connectivity index (χ3n) is 29.1. The van der Waals surface area contributed by atoms with Gasteiger partial charge in [0.2, 0.25) is 0 Å². The van der Waals surface area contributed by atoms with Crippen molar-refractivity contribution in [2.45, 2.75) is 226 Å². The standard InChI is InChI=1S/C28H29N5O3S.C25H27BrN6O2.C25H25N5O3S.C16H20N4O2.C9H6BrIN2.C4H8O2S.ClH/c1-28(2)35-24-17(10-22(25(24)36-28)33-8-7-19-26(29)30-14-31-27(19)33)6-4-15-3-5-16-11-23-21(32-20(16)9-15)12-18(34)13-37-23;1-25(2)33-20-15(6-4-13-3-5-14-10-17(26)23(28)31-18(14)9-13)11-19(21(20)34-25)32-8-7-16-22(27)29-12-30-24(16)32;26-24-17-5-6-30(25(17)28-12-27-24)20-8-15(22(32)23(20)33)4-2-13-1-3-14-9-21-19(29-18(14)7-13)10-16(31)11-34-21;1-4-9-7-11(13-12(9)21-16(2,3)22-13)20-6-5-10-14(17)18-8-19-15(10)20;10-7-3-5-1-2-6(11)4-8(5)13-9(7)12;1-2-6-4(5)3-7;/h3,5,7-9,11,14,17,22,24-25H,4,6,10,12-13H2,1-2H3,(H2,29,30,31);3,5,7-10,12,15,19-21H,4,6,11H2,1-2H3,(H2,28,31)(H2,27,29,30);1,3,5-7,9,12,15,20,22-23,32-33H,2,4,8,10-11H2,(H2,26,27,28);4-6,8-9,11-13H,1,7H2,2-3H3,(H2,17,18,19);1-4H,(H2,12,13);7H,2-3H2,1H3;1H/t17-,22+,24+,25-;15-,19+,20+,21-;15-,20+,22+,23-;9-,11+,12+,13-;;;/m0000.../s1. The molecule has 16 atom stereocenters. The Morgan fingerprint density at radius 3 is 1.20 bits per heavy atom. The second-order valence-electron chi connectivity index (χ2n) is 40.0. The molecule has 0 unspecified atom stereocenters. The zero-order chi connectivity index (χ0) is 103. The van der Waals surface area contributed by atoms with Crippen molar-refractivity contribution in [3.05, 3.63) is 225 Å². The quantitative estimate of drug-likeness (QED) is 0.0188. The Morgan fingerprint density at radius 1 is 0.459 bits per heavy atom. The van der Waals surface area contributed by atoms with Gasteiger partial charge in [0, 0.05) is 65.6 Å². The van der Waals surface area contributed by atoms with Crippen LogP contribution in [0.15, 0.2) is 203 Å². The number of nitrogens with two attached hydrogens (primary N) is 6. The maximum absolute atomic E-state index is 11.9. The molecular formula is C107H116Br2ClIN22O12S3. The number of nitrogens with zero attached hydrogens (tertiary/aromatic N) is 16. The van der Waals surface area contributed by atoms with Gasteiger partial charge in [0.15, 0.2) is 17.4 Å². The number of aryl methyl sites for hydroxylation is 3. The predicted octanol–water partition coefficient (Wildman–Crippen LogP) is 18.2. The number of fused-ring (bicyclic) bond motifs is 13. The Morgan fingerprint density at radius 2 is 0.804 bits per heavy atom. The average Bonchev–Trinajstić information content (AvgIpc) is 1.60. The molecule has 4 aliphatic carbocycles. The molecule has 16 aromatic rings. The van der Waals surface area contributed by atoms with Crippen LogP contribution in [0.25, 0.3) is 87.7 Å². The number of aliphatic hydroxyl groups excluding tert-OH is 2. The normalized spacial score (nSPS) is 24.5. The number of Topliss-reactive ketones (excluding diaryl/α,β-unsaturated/α-hetero) is 2. The summed E-state index contributed by atoms with van der Waals surface area (Å²) in [6, 6.07) is 41.5. The van der Waals surface area contributed by atoms with Gasteiger partial charge in [-0.05, 0) is 280 Å². The van der Waals surface area contributed by atoms with Crippen molar-refractivity contribution in [3.8, 4) is 0 Å². The molecule has 3 saturated heterocycles. The number of thioether (sulfide) groups is 2. The molecule has 0 spiro atoms. The van der Waals surface area contributed by atoms with Gasteiger partial charge in [-0.25, -0.2) is 49.8 Å². The number of thiol groups is 1. The van der Waals surface area contributed by atoms with Crippen molar-refractivity contribution in [1.29, 1.82) is 0 Å². The van der Waals surface area contributed by atoms with Crippen LogP contribution in [0, 0.1) is 27.2 Å². The van der Waals surface area contributed by atoms with Crippen LogP contribution in [0.3, 0.4) is 0 Å². The number of carbonyl (C=O) groups is 3. The first kappa shape index (κ1) is 106. The summed E-state index contributed by atoms with van der Waals surface area (Å²) < 4.78 is 53.7. The molecule has 4 aromatic carbocycles. The van der Waals surface area contributed by atoms with Crippen molar-refractivity contribution in [3.63, 3.8) is 0 Å². The molecule has 25 rings (SSSR count). The molecule has 7 fully saturated rings. The molecule has 0 radical (unpaired) electrons. The monoisotopic (exact) mass is 2320 g/mol. The second-order valence-corrected chi connectivity index (χ2v) is 45.3. The van der Waals surface area contributed by atoms with Crippen molar-refractivity contribution in [2.75, 3.05) is 58.3 Å². The molecule has 5 aliphatic heterocycles. The van der Waals surface area contributed by atoms with Gasteiger partial charge in [-0.3, -0.25) is 24.4 Å². The van der Waals surface area contributed by atoms with Gasteiger partial charge in [-0.2, -0.15) is 12.6 Å². The second kappa shape index (κ2) is 43.8. The fraction of sp³-hybridized carbons (Fsp3) is 0.393. The first-order valence-corrected chi connectivity index (χ1v) is 54.5. The molecule has 41 heteroatoms. The van der Waals surface area contributed by atoms with Crippen molar-refractivity contribution in [1.82, 2.24) is 78.1 Å². The fourth-order valence-electron chi connectivity index (χ4n) is 22.2. The summed E-state index contributed by atoms with van der Waals surface area (Å²) in [5.41, 5.74) is 48.0. The van der Waals surface area contributed by atoms with E-state index < -0.39 is 29.6 Å². The highest BCUT2D eigenvalue weighted by Gasteiger charge is 2.58. The van der Waals surface area contributed by atoms with Gasteiger partial charge in [-0.15, -0.1) is 42.5 Å². The van der Waals surface area contributed by atoms with E-state index >= 15 is 0 Å². The molecule has 12 aromatic heterocycles. The topological polar surface area (TPSA) is 487 Å². The Kier molecular flexibility index (Phi) is 31.2. The van der Waals surface area contributed by atoms with Gasteiger partial charge in [0.1, 0.15) is 119 Å². The molecule has 4 saturated carbocycles. The number of nitrogen functional groups attached to an aromatic ring is 6. The number of hydrogen-bond acceptors (Lipinski definition) is 33. The van der Waals surface area contributed by atoms with E-state index in [1.54, 1.807) is 30.4 Å². The van der Waals surface area contributed by atoms with E-state index in [1.807, 2.05) is 132 Å². The third-order valence-corrected chi connectivity index (χ3v) is 33.5. The van der Waals surface area contributed by atoms with Gasteiger partial charge in [0.05, 0.1) is 149 Å². The largest absolute Gasteiger partial charge is 0.465 e. The zero-order valence-electron chi connectivity index (χ0n) is 82.4. The molecule has 14 N–H and O–H groups in total. The number of ketones is 2. The van der Waals surface area contributed by atoms with Gasteiger partial charge in [-0.1, -0.05) is 48.5 Å². The lowest BCUT2D eigenvalue weighted by Crippen LogP contribution is -2.29. The van der Waals surface area contributed by atoms with Gasteiger partial charge in [0.25, 0.3) is 0 Å². The lowest BCUT2D eigenvalue weighted by molar-refractivity contribution is -0.160. The summed E-state index contributed by atoms with van der Waals surface area (Å²) in [5, 5.41) is 29.3. The van der Waals surface area contributed by atoms with Gasteiger partial charge < -0.3 is 96.0 Å². The smallest absolute Gasteiger partial charge is 0.315 e. The minimum Gasteiger partial charge on any atom is -0.465 e. The predicted molar refractivity (Wildman–Crippen MR) is 596 cm³/mol. The summed E-state index contributed by atoms with van der Waals surface area (Å²) in [6.45, 7) is 18.0. The molecule has 0 bridgehead atoms. The van der Waals surface area contributed by atoms with E-state index in [4.69, 9.17) is 72.8 Å². The van der Waals surface area contributed by atoms with E-state index in [2.05, 4.69) is 209 Å². The van der Waals surface area contributed by atoms with Crippen LogP contribution in [0.5, 0.6) is 0 Å². The van der Waals surface area contributed by atoms with Crippen molar-refractivity contribution >= 4 is 243 Å². The Hall–Kier alpha value is -10.9. The Bertz CT molecular complexity index is 7760. The van der Waals surface area contributed by atoms with Crippen LogP contribution in [-0.2, 0) is 79.6 Å². The lowest BCUT2D eigenvalue weighted by atomic mass is 9.95. The number of benzene rings is 4. The van der Waals surface area contributed by atoms with Crippen LogP contribution in [-0.4, -0.2) is 196 Å². The van der Waals surface area contributed by atoms with E-state index in [9.17, 15) is 24.6 Å². The minimum absolute atomic E-state index is 0. The first-order valence-electron chi connectivity index (χ1n) is 49.2. The van der Waals surface area contributed by atoms with Gasteiger partial charge >= 0.3 is 5.97 Å². The molecular weight excluding hydrogens is 2200 g/mol. The molecule has 148 heavy (non-hydrogen) atoms. The van der Waals surface area contributed by atoms with E-state index in [1.165, 1.54) is 40.0 Å². The highest BCUT2D eigenvalue weighted by atomic mass is 127. The van der Waals surface area contributed by atoms with Crippen LogP contribution in [0.2, 0.25) is 0 Å². The SMILES string of the molecule is C=C[C@H]1C[C@@H](n2ccc3c(N)ncnc32)[C@@H]2OC(C)(C)O[C@@H]21.CC1(C)O[C@@H]2[C@@H](CCc3ccc4cc(Br)c(N)nc4c3)C[C@@H](n3ccc4c(N)ncnc43)[C@@H]2O1.CC1(C)O[C@@H]2[C@@H](CCc3ccc4cc5c(nc4c3)CC(=O)CS5)C[C@@H](n3ccc4c(N)ncnc43)[C@@H]2O1.CCOC(=O)CS.Cl.Nc1nc2cc(I)ccc2cc1Br.Nc1ncnc2c1ccn2[C@@H]1C[C@H](CCc2ccc3cc4c(nc3c2)CC(=O)CS4)[C@@H](O)[C@H]1O. The third kappa shape index (κ3) is 22.1. The summed E-state index contributed by atoms with van der Waals surface area (Å²) in [7, 11) is 0. The van der Waals surface area contributed by atoms with Crippen molar-refractivity contribution in [2.24, 2.45) is 23.7 Å². The number of pyridine rings is 4. The number of aliphatic hydroxyl groups is 2. The van der Waals surface area contributed by atoms with Crippen LogP contribution in [0.4, 0.5) is 34.9 Å². The number of anilines is 6. The highest BCUT2D eigenvalue weighted by Crippen LogP contribution is 2.54. The van der Waals surface area contributed by atoms with E-state index in [-0.39, 0.29) is 108 Å². The maximum Gasteiger partial charge on any atom is 0.315 e. The molecule has 9 aliphatic rings. The summed E-state index contributed by atoms with van der Waals surface area (Å²) in [4.78, 5) is 88.6. The molecule has 17 heterocycles.